The van der Waals surface area contributed by atoms with Crippen molar-refractivity contribution in [2.24, 2.45) is 0 Å². The van der Waals surface area contributed by atoms with Crippen molar-refractivity contribution in [1.82, 2.24) is 19.7 Å². The standard InChI is InChI=1S/C23H16ClF3N4O2/c24-18-11-14(7-10-28-18)12-31-13-16(3-6-19(31)32)21-29-20(30-33-21)15-1-4-17(5-2-15)22(8-9-22)23(25,26)27/h1-7,10-11,13H,8-9,12H2. The molecule has 1 aliphatic rings. The van der Waals surface area contributed by atoms with Crippen molar-refractivity contribution in [1.29, 1.82) is 0 Å². The zero-order valence-electron chi connectivity index (χ0n) is 17.0. The molecule has 0 N–H and O–H groups in total. The maximum atomic E-state index is 13.3. The first-order chi connectivity index (χ1) is 15.7. The number of nitrogens with zero attached hydrogens (tertiary/aromatic N) is 4. The lowest BCUT2D eigenvalue weighted by molar-refractivity contribution is -0.160. The van der Waals surface area contributed by atoms with Crippen molar-refractivity contribution >= 4 is 11.6 Å². The van der Waals surface area contributed by atoms with Crippen molar-refractivity contribution in [2.45, 2.75) is 31.0 Å². The monoisotopic (exact) mass is 472 g/mol. The predicted molar refractivity (Wildman–Crippen MR) is 115 cm³/mol. The fourth-order valence-corrected chi connectivity index (χ4v) is 3.97. The van der Waals surface area contributed by atoms with Crippen LogP contribution in [0.5, 0.6) is 0 Å². The quantitative estimate of drug-likeness (QED) is 0.371. The van der Waals surface area contributed by atoms with Crippen LogP contribution in [0.15, 0.2) is 70.2 Å². The van der Waals surface area contributed by atoms with Gasteiger partial charge >= 0.3 is 6.18 Å². The van der Waals surface area contributed by atoms with E-state index in [0.29, 0.717) is 16.3 Å². The lowest BCUT2D eigenvalue weighted by atomic mass is 9.94. The average Bonchev–Trinajstić information content (AvgIpc) is 3.47. The van der Waals surface area contributed by atoms with Crippen LogP contribution in [0, 0.1) is 0 Å². The second kappa shape index (κ2) is 7.84. The van der Waals surface area contributed by atoms with Gasteiger partial charge in [0.2, 0.25) is 5.82 Å². The van der Waals surface area contributed by atoms with Crippen molar-refractivity contribution < 1.29 is 17.7 Å². The highest BCUT2D eigenvalue weighted by molar-refractivity contribution is 6.29. The van der Waals surface area contributed by atoms with E-state index < -0.39 is 11.6 Å². The Bertz CT molecular complexity index is 1380. The highest BCUT2D eigenvalue weighted by Gasteiger charge is 2.64. The lowest BCUT2D eigenvalue weighted by Crippen LogP contribution is -2.28. The smallest absolute Gasteiger partial charge is 0.334 e. The normalized spacial score (nSPS) is 14.9. The van der Waals surface area contributed by atoms with E-state index in [9.17, 15) is 18.0 Å². The van der Waals surface area contributed by atoms with Crippen LogP contribution in [-0.2, 0) is 12.0 Å². The van der Waals surface area contributed by atoms with Crippen LogP contribution < -0.4 is 5.56 Å². The number of pyridine rings is 2. The third kappa shape index (κ3) is 4.04. The van der Waals surface area contributed by atoms with Gasteiger partial charge in [-0.2, -0.15) is 18.2 Å². The third-order valence-electron chi connectivity index (χ3n) is 5.79. The first-order valence-electron chi connectivity index (χ1n) is 10.1. The van der Waals surface area contributed by atoms with Gasteiger partial charge in [-0.15, -0.1) is 0 Å². The van der Waals surface area contributed by atoms with Crippen molar-refractivity contribution in [3.63, 3.8) is 0 Å². The largest absolute Gasteiger partial charge is 0.398 e. The number of aromatic nitrogens is 4. The predicted octanol–water partition coefficient (Wildman–Crippen LogP) is 5.26. The summed E-state index contributed by atoms with van der Waals surface area (Å²) >= 11 is 5.91. The highest BCUT2D eigenvalue weighted by Crippen LogP contribution is 2.58. The number of halogens is 4. The zero-order chi connectivity index (χ0) is 23.2. The summed E-state index contributed by atoms with van der Waals surface area (Å²) in [5, 5.41) is 4.27. The second-order valence-electron chi connectivity index (χ2n) is 7.95. The maximum absolute atomic E-state index is 13.3. The Labute approximate surface area is 190 Å². The summed E-state index contributed by atoms with van der Waals surface area (Å²) in [4.78, 5) is 20.6. The van der Waals surface area contributed by atoms with E-state index in [1.54, 1.807) is 42.7 Å². The molecule has 0 bridgehead atoms. The third-order valence-corrected chi connectivity index (χ3v) is 6.00. The van der Waals surface area contributed by atoms with Gasteiger partial charge in [-0.3, -0.25) is 4.79 Å². The van der Waals surface area contributed by atoms with Gasteiger partial charge in [0.25, 0.3) is 11.4 Å². The SMILES string of the molecule is O=c1ccc(-c2nc(-c3ccc(C4(C(F)(F)F)CC4)cc3)no2)cn1Cc1ccnc(Cl)c1. The van der Waals surface area contributed by atoms with Crippen LogP contribution in [0.25, 0.3) is 22.8 Å². The number of rotatable bonds is 5. The Hall–Kier alpha value is -3.46. The molecule has 33 heavy (non-hydrogen) atoms. The molecule has 3 heterocycles. The fourth-order valence-electron chi connectivity index (χ4n) is 3.78. The molecule has 0 saturated heterocycles. The van der Waals surface area contributed by atoms with E-state index in [1.165, 1.54) is 22.8 Å². The van der Waals surface area contributed by atoms with Gasteiger partial charge in [0, 0.05) is 24.0 Å². The van der Waals surface area contributed by atoms with Crippen LogP contribution >= 0.6 is 11.6 Å². The van der Waals surface area contributed by atoms with E-state index in [-0.39, 0.29) is 42.2 Å². The van der Waals surface area contributed by atoms with Crippen LogP contribution in [0.2, 0.25) is 5.15 Å². The van der Waals surface area contributed by atoms with Gasteiger partial charge < -0.3 is 9.09 Å². The van der Waals surface area contributed by atoms with E-state index in [0.717, 1.165) is 5.56 Å². The number of alkyl halides is 3. The van der Waals surface area contributed by atoms with Crippen molar-refractivity contribution in [3.05, 3.63) is 87.6 Å². The highest BCUT2D eigenvalue weighted by atomic mass is 35.5. The Balaban J connectivity index is 1.39. The summed E-state index contributed by atoms with van der Waals surface area (Å²) in [7, 11) is 0. The van der Waals surface area contributed by atoms with E-state index >= 15 is 0 Å². The topological polar surface area (TPSA) is 73.8 Å². The Kier molecular flexibility index (Phi) is 5.08. The molecule has 0 unspecified atom stereocenters. The minimum absolute atomic E-state index is 0.101. The molecule has 1 aliphatic carbocycles. The molecule has 0 spiro atoms. The molecule has 5 rings (SSSR count). The Morgan fingerprint density at radius 1 is 1.06 bits per heavy atom. The Morgan fingerprint density at radius 3 is 2.45 bits per heavy atom. The molecule has 0 amide bonds. The summed E-state index contributed by atoms with van der Waals surface area (Å²) in [6.45, 7) is 0.276. The molecule has 1 fully saturated rings. The first-order valence-corrected chi connectivity index (χ1v) is 10.5. The molecule has 0 radical (unpaired) electrons. The summed E-state index contributed by atoms with van der Waals surface area (Å²) in [5.41, 5.74) is 0.144. The van der Waals surface area contributed by atoms with E-state index in [1.807, 2.05) is 0 Å². The lowest BCUT2D eigenvalue weighted by Gasteiger charge is -2.19. The van der Waals surface area contributed by atoms with Gasteiger partial charge in [-0.05, 0) is 42.2 Å². The summed E-state index contributed by atoms with van der Waals surface area (Å²) in [6, 6.07) is 12.4. The van der Waals surface area contributed by atoms with Crippen LogP contribution in [0.4, 0.5) is 13.2 Å². The summed E-state index contributed by atoms with van der Waals surface area (Å²) in [6.07, 6.45) is -0.912. The van der Waals surface area contributed by atoms with Crippen LogP contribution in [0.1, 0.15) is 24.0 Å². The van der Waals surface area contributed by atoms with E-state index in [2.05, 4.69) is 15.1 Å². The average molecular weight is 473 g/mol. The first kappa shape index (κ1) is 21.4. The van der Waals surface area contributed by atoms with Gasteiger partial charge in [0.15, 0.2) is 0 Å². The minimum Gasteiger partial charge on any atom is -0.334 e. The van der Waals surface area contributed by atoms with Gasteiger partial charge in [0.05, 0.1) is 17.5 Å². The van der Waals surface area contributed by atoms with Gasteiger partial charge in [-0.25, -0.2) is 4.98 Å². The minimum atomic E-state index is -4.27. The van der Waals surface area contributed by atoms with Crippen LogP contribution in [-0.4, -0.2) is 25.9 Å². The van der Waals surface area contributed by atoms with Gasteiger partial charge in [0.1, 0.15) is 5.15 Å². The molecule has 3 aromatic heterocycles. The summed E-state index contributed by atoms with van der Waals surface area (Å²) < 4.78 is 46.8. The summed E-state index contributed by atoms with van der Waals surface area (Å²) in [5.74, 6) is 0.427. The fraction of sp³-hybridized carbons (Fsp3) is 0.217. The molecule has 0 aliphatic heterocycles. The number of hydrogen-bond acceptors (Lipinski definition) is 5. The molecule has 6 nitrogen and oxygen atoms in total. The molecule has 168 valence electrons. The molecule has 1 aromatic carbocycles. The van der Waals surface area contributed by atoms with Gasteiger partial charge in [-0.1, -0.05) is 41.0 Å². The maximum Gasteiger partial charge on any atom is 0.398 e. The molecule has 1 saturated carbocycles. The molecule has 0 atom stereocenters. The Morgan fingerprint density at radius 2 is 1.79 bits per heavy atom. The molecular formula is C23H16ClF3N4O2. The molecule has 10 heteroatoms. The van der Waals surface area contributed by atoms with Crippen molar-refractivity contribution in [2.75, 3.05) is 0 Å². The number of benzene rings is 1. The second-order valence-corrected chi connectivity index (χ2v) is 8.34. The van der Waals surface area contributed by atoms with Crippen molar-refractivity contribution in [3.8, 4) is 22.8 Å². The molecule has 4 aromatic rings. The molecular weight excluding hydrogens is 457 g/mol. The van der Waals surface area contributed by atoms with Crippen LogP contribution in [0.3, 0.4) is 0 Å². The number of hydrogen-bond donors (Lipinski definition) is 0. The zero-order valence-corrected chi connectivity index (χ0v) is 17.8. The van der Waals surface area contributed by atoms with E-state index in [4.69, 9.17) is 16.1 Å².